The number of hydrogen-bond acceptors (Lipinski definition) is 2. The Kier molecular flexibility index (Phi) is 2.68. The zero-order valence-corrected chi connectivity index (χ0v) is 7.12. The van der Waals surface area contributed by atoms with Crippen molar-refractivity contribution in [2.45, 2.75) is 32.2 Å². The van der Waals surface area contributed by atoms with Crippen LogP contribution in [0.3, 0.4) is 0 Å². The van der Waals surface area contributed by atoms with E-state index < -0.39 is 11.9 Å². The standard InChI is InChI=1S/C8H13NO3/c1-6-4-2-3-5-9(6)7(10)8(11)12/h6H,2-5H2,1H3,(H,11,12)/t6-/m0/s1. The third-order valence-electron chi connectivity index (χ3n) is 2.25. The summed E-state index contributed by atoms with van der Waals surface area (Å²) in [7, 11) is 0. The average molecular weight is 171 g/mol. The van der Waals surface area contributed by atoms with Crippen LogP contribution < -0.4 is 0 Å². The van der Waals surface area contributed by atoms with Crippen molar-refractivity contribution in [3.63, 3.8) is 0 Å². The van der Waals surface area contributed by atoms with Crippen LogP contribution in [0.2, 0.25) is 0 Å². The number of likely N-dealkylation sites (tertiary alicyclic amines) is 1. The third-order valence-corrected chi connectivity index (χ3v) is 2.25. The van der Waals surface area contributed by atoms with Gasteiger partial charge in [0.2, 0.25) is 0 Å². The van der Waals surface area contributed by atoms with Crippen LogP contribution in [-0.4, -0.2) is 34.5 Å². The summed E-state index contributed by atoms with van der Waals surface area (Å²) < 4.78 is 0. The van der Waals surface area contributed by atoms with Crippen molar-refractivity contribution in [2.75, 3.05) is 6.54 Å². The Morgan fingerprint density at radius 2 is 2.08 bits per heavy atom. The van der Waals surface area contributed by atoms with Gasteiger partial charge >= 0.3 is 11.9 Å². The molecular weight excluding hydrogens is 158 g/mol. The van der Waals surface area contributed by atoms with E-state index in [-0.39, 0.29) is 6.04 Å². The lowest BCUT2D eigenvalue weighted by molar-refractivity contribution is -0.157. The van der Waals surface area contributed by atoms with Crippen LogP contribution in [0.1, 0.15) is 26.2 Å². The Morgan fingerprint density at radius 3 is 2.58 bits per heavy atom. The smallest absolute Gasteiger partial charge is 0.394 e. The van der Waals surface area contributed by atoms with Gasteiger partial charge in [-0.3, -0.25) is 4.79 Å². The summed E-state index contributed by atoms with van der Waals surface area (Å²) in [5.41, 5.74) is 0. The topological polar surface area (TPSA) is 57.6 Å². The molecule has 0 aromatic carbocycles. The van der Waals surface area contributed by atoms with E-state index >= 15 is 0 Å². The number of carbonyl (C=O) groups is 2. The second-order valence-electron chi connectivity index (χ2n) is 3.15. The van der Waals surface area contributed by atoms with E-state index in [4.69, 9.17) is 5.11 Å². The number of carbonyl (C=O) groups excluding carboxylic acids is 1. The maximum atomic E-state index is 11.0. The first-order valence-corrected chi connectivity index (χ1v) is 4.17. The largest absolute Gasteiger partial charge is 0.474 e. The number of rotatable bonds is 0. The Labute approximate surface area is 71.2 Å². The fourth-order valence-corrected chi connectivity index (χ4v) is 1.52. The molecule has 0 aliphatic carbocycles. The molecule has 4 nitrogen and oxygen atoms in total. The Morgan fingerprint density at radius 1 is 1.42 bits per heavy atom. The zero-order valence-electron chi connectivity index (χ0n) is 7.12. The van der Waals surface area contributed by atoms with E-state index in [0.717, 1.165) is 19.3 Å². The molecule has 1 rings (SSSR count). The number of carboxylic acids is 1. The molecule has 12 heavy (non-hydrogen) atoms. The van der Waals surface area contributed by atoms with Gasteiger partial charge < -0.3 is 10.0 Å². The van der Waals surface area contributed by atoms with Crippen LogP contribution in [0.15, 0.2) is 0 Å². The van der Waals surface area contributed by atoms with Crippen molar-refractivity contribution in [3.05, 3.63) is 0 Å². The number of piperidine rings is 1. The molecule has 1 N–H and O–H groups in total. The first-order chi connectivity index (χ1) is 5.63. The summed E-state index contributed by atoms with van der Waals surface area (Å²) in [6.07, 6.45) is 2.92. The molecule has 1 fully saturated rings. The van der Waals surface area contributed by atoms with Gasteiger partial charge in [0.25, 0.3) is 0 Å². The molecule has 1 amide bonds. The van der Waals surface area contributed by atoms with Crippen LogP contribution in [0.5, 0.6) is 0 Å². The summed E-state index contributed by atoms with van der Waals surface area (Å²) in [6, 6.07) is 0.0855. The lowest BCUT2D eigenvalue weighted by Gasteiger charge is -2.31. The fraction of sp³-hybridized carbons (Fsp3) is 0.750. The first-order valence-electron chi connectivity index (χ1n) is 4.17. The molecule has 0 aromatic rings. The fourth-order valence-electron chi connectivity index (χ4n) is 1.52. The average Bonchev–Trinajstić information content (AvgIpc) is 2.04. The molecule has 0 radical (unpaired) electrons. The van der Waals surface area contributed by atoms with E-state index in [0.29, 0.717) is 6.54 Å². The number of carboxylic acid groups (broad SMARTS) is 1. The van der Waals surface area contributed by atoms with Gasteiger partial charge in [0, 0.05) is 12.6 Å². The van der Waals surface area contributed by atoms with Gasteiger partial charge in [0.15, 0.2) is 0 Å². The van der Waals surface area contributed by atoms with Crippen molar-refractivity contribution < 1.29 is 14.7 Å². The monoisotopic (exact) mass is 171 g/mol. The van der Waals surface area contributed by atoms with Gasteiger partial charge in [-0.1, -0.05) is 0 Å². The van der Waals surface area contributed by atoms with Gasteiger partial charge in [-0.05, 0) is 26.2 Å². The minimum absolute atomic E-state index is 0.0855. The molecule has 0 unspecified atom stereocenters. The minimum atomic E-state index is -1.34. The van der Waals surface area contributed by atoms with Crippen molar-refractivity contribution >= 4 is 11.9 Å². The van der Waals surface area contributed by atoms with E-state index in [9.17, 15) is 9.59 Å². The highest BCUT2D eigenvalue weighted by Crippen LogP contribution is 2.16. The zero-order chi connectivity index (χ0) is 9.14. The summed E-state index contributed by atoms with van der Waals surface area (Å²) in [5, 5.41) is 8.46. The highest BCUT2D eigenvalue weighted by atomic mass is 16.4. The van der Waals surface area contributed by atoms with Crippen LogP contribution in [0.4, 0.5) is 0 Å². The van der Waals surface area contributed by atoms with E-state index in [2.05, 4.69) is 0 Å². The minimum Gasteiger partial charge on any atom is -0.474 e. The van der Waals surface area contributed by atoms with Gasteiger partial charge in [-0.2, -0.15) is 0 Å². The lowest BCUT2D eigenvalue weighted by Crippen LogP contribution is -2.45. The van der Waals surface area contributed by atoms with Crippen LogP contribution in [0.25, 0.3) is 0 Å². The number of nitrogens with zero attached hydrogens (tertiary/aromatic N) is 1. The molecule has 1 heterocycles. The predicted octanol–water partition coefficient (Wildman–Crippen LogP) is 0.472. The van der Waals surface area contributed by atoms with Crippen LogP contribution in [0, 0.1) is 0 Å². The molecule has 1 aliphatic rings. The molecule has 0 saturated carbocycles. The summed E-state index contributed by atoms with van der Waals surface area (Å²) in [4.78, 5) is 22.8. The van der Waals surface area contributed by atoms with Crippen LogP contribution in [-0.2, 0) is 9.59 Å². The highest BCUT2D eigenvalue weighted by Gasteiger charge is 2.27. The van der Waals surface area contributed by atoms with Crippen molar-refractivity contribution in [1.82, 2.24) is 4.90 Å². The molecule has 0 aromatic heterocycles. The molecule has 68 valence electrons. The lowest BCUT2D eigenvalue weighted by atomic mass is 10.0. The van der Waals surface area contributed by atoms with Gasteiger partial charge in [0.05, 0.1) is 0 Å². The van der Waals surface area contributed by atoms with Gasteiger partial charge in [-0.25, -0.2) is 4.79 Å². The predicted molar refractivity (Wildman–Crippen MR) is 42.7 cm³/mol. The highest BCUT2D eigenvalue weighted by molar-refractivity contribution is 6.31. The maximum Gasteiger partial charge on any atom is 0.394 e. The molecule has 1 atom stereocenters. The van der Waals surface area contributed by atoms with E-state index in [1.807, 2.05) is 6.92 Å². The first kappa shape index (κ1) is 9.03. The molecule has 0 bridgehead atoms. The quantitative estimate of drug-likeness (QED) is 0.539. The second kappa shape index (κ2) is 3.56. The molecule has 0 spiro atoms. The Hall–Kier alpha value is -1.06. The molecule has 4 heteroatoms. The van der Waals surface area contributed by atoms with Gasteiger partial charge in [0.1, 0.15) is 0 Å². The normalized spacial score (nSPS) is 23.8. The Balaban J connectivity index is 2.59. The van der Waals surface area contributed by atoms with Crippen LogP contribution >= 0.6 is 0 Å². The van der Waals surface area contributed by atoms with Gasteiger partial charge in [-0.15, -0.1) is 0 Å². The van der Waals surface area contributed by atoms with Crippen molar-refractivity contribution in [3.8, 4) is 0 Å². The molecule has 1 saturated heterocycles. The SMILES string of the molecule is C[C@H]1CCCCN1C(=O)C(=O)O. The van der Waals surface area contributed by atoms with Crippen molar-refractivity contribution in [1.29, 1.82) is 0 Å². The Bertz CT molecular complexity index is 202. The second-order valence-corrected chi connectivity index (χ2v) is 3.15. The van der Waals surface area contributed by atoms with E-state index in [1.165, 1.54) is 4.90 Å². The molecular formula is C8H13NO3. The summed E-state index contributed by atoms with van der Waals surface area (Å²) >= 11 is 0. The van der Waals surface area contributed by atoms with Crippen molar-refractivity contribution in [2.24, 2.45) is 0 Å². The molecule has 1 aliphatic heterocycles. The summed E-state index contributed by atoms with van der Waals surface area (Å²) in [5.74, 6) is -2.11. The number of amides is 1. The maximum absolute atomic E-state index is 11.0. The number of aliphatic carboxylic acids is 1. The summed E-state index contributed by atoms with van der Waals surface area (Å²) in [6.45, 7) is 2.48. The van der Waals surface area contributed by atoms with E-state index in [1.54, 1.807) is 0 Å². The number of hydrogen-bond donors (Lipinski definition) is 1. The third kappa shape index (κ3) is 1.75.